The molecule has 0 aromatic rings. The lowest BCUT2D eigenvalue weighted by molar-refractivity contribution is -0.198. The number of carbonyl (C=O) groups is 3. The fourth-order valence-electron chi connectivity index (χ4n) is 1.35. The number of nitrogens with zero attached hydrogens (tertiary/aromatic N) is 1. The predicted molar refractivity (Wildman–Crippen MR) is 51.2 cm³/mol. The van der Waals surface area contributed by atoms with Gasteiger partial charge in [-0.25, -0.2) is 4.79 Å². The third kappa shape index (κ3) is 1.42. The van der Waals surface area contributed by atoms with E-state index in [4.69, 9.17) is 0 Å². The molecule has 0 N–H and O–H groups in total. The van der Waals surface area contributed by atoms with E-state index >= 15 is 0 Å². The summed E-state index contributed by atoms with van der Waals surface area (Å²) in [4.78, 5) is 39.0. The molecule has 15 heavy (non-hydrogen) atoms. The van der Waals surface area contributed by atoms with Crippen molar-refractivity contribution in [2.24, 2.45) is 10.8 Å². The van der Waals surface area contributed by atoms with Crippen molar-refractivity contribution < 1.29 is 19.2 Å². The molecule has 0 aromatic carbocycles. The molecule has 0 saturated carbocycles. The van der Waals surface area contributed by atoms with Gasteiger partial charge in [0.1, 0.15) is 0 Å². The second kappa shape index (κ2) is 3.05. The van der Waals surface area contributed by atoms with Gasteiger partial charge < -0.3 is 4.84 Å². The Morgan fingerprint density at radius 2 is 1.40 bits per heavy atom. The van der Waals surface area contributed by atoms with E-state index in [2.05, 4.69) is 4.84 Å². The number of hydrogen-bond donors (Lipinski definition) is 0. The van der Waals surface area contributed by atoms with Crippen LogP contribution in [-0.4, -0.2) is 22.8 Å². The van der Waals surface area contributed by atoms with E-state index in [-0.39, 0.29) is 0 Å². The molecule has 1 rings (SSSR count). The lowest BCUT2D eigenvalue weighted by Crippen LogP contribution is -2.35. The van der Waals surface area contributed by atoms with Crippen LogP contribution in [0.5, 0.6) is 0 Å². The summed E-state index contributed by atoms with van der Waals surface area (Å²) in [5.74, 6) is -1.63. The van der Waals surface area contributed by atoms with Gasteiger partial charge in [0.2, 0.25) is 0 Å². The highest BCUT2D eigenvalue weighted by Crippen LogP contribution is 2.47. The molecule has 0 atom stereocenters. The average Bonchev–Trinajstić information content (AvgIpc) is 2.18. The van der Waals surface area contributed by atoms with Crippen molar-refractivity contribution in [2.75, 3.05) is 0 Å². The van der Waals surface area contributed by atoms with Crippen LogP contribution in [0.1, 0.15) is 34.6 Å². The van der Waals surface area contributed by atoms with Crippen LogP contribution in [0.4, 0.5) is 0 Å². The molecular formula is C10H15NO4. The molecule has 0 spiro atoms. The predicted octanol–water partition coefficient (Wildman–Crippen LogP) is 0.886. The molecule has 0 aromatic heterocycles. The summed E-state index contributed by atoms with van der Waals surface area (Å²) in [6.07, 6.45) is 0. The molecule has 1 heterocycles. The zero-order chi connectivity index (χ0) is 12.0. The Hall–Kier alpha value is -1.39. The number of hydrogen-bond acceptors (Lipinski definition) is 4. The molecule has 1 saturated heterocycles. The van der Waals surface area contributed by atoms with Crippen LogP contribution in [0.2, 0.25) is 0 Å². The third-order valence-electron chi connectivity index (χ3n) is 3.22. The summed E-state index contributed by atoms with van der Waals surface area (Å²) in [7, 11) is 0. The molecule has 84 valence electrons. The zero-order valence-corrected chi connectivity index (χ0v) is 9.58. The first kappa shape index (κ1) is 11.7. The van der Waals surface area contributed by atoms with Gasteiger partial charge >= 0.3 is 5.97 Å². The van der Waals surface area contributed by atoms with Gasteiger partial charge in [0.15, 0.2) is 0 Å². The van der Waals surface area contributed by atoms with E-state index in [0.717, 1.165) is 6.92 Å². The molecule has 1 aliphatic heterocycles. The minimum absolute atomic E-state index is 0.479. The van der Waals surface area contributed by atoms with Gasteiger partial charge in [-0.2, -0.15) is 0 Å². The maximum absolute atomic E-state index is 11.8. The van der Waals surface area contributed by atoms with Crippen molar-refractivity contribution >= 4 is 17.8 Å². The van der Waals surface area contributed by atoms with E-state index in [0.29, 0.717) is 5.06 Å². The zero-order valence-electron chi connectivity index (χ0n) is 9.58. The first-order valence-corrected chi connectivity index (χ1v) is 4.70. The lowest BCUT2D eigenvalue weighted by atomic mass is 9.70. The van der Waals surface area contributed by atoms with Gasteiger partial charge in [-0.05, 0) is 27.7 Å². The molecule has 0 radical (unpaired) electrons. The van der Waals surface area contributed by atoms with Gasteiger partial charge in [-0.3, -0.25) is 9.59 Å². The van der Waals surface area contributed by atoms with Crippen molar-refractivity contribution in [1.29, 1.82) is 0 Å². The molecule has 0 unspecified atom stereocenters. The highest BCUT2D eigenvalue weighted by atomic mass is 16.7. The normalized spacial score (nSPS) is 23.1. The fourth-order valence-corrected chi connectivity index (χ4v) is 1.35. The largest absolute Gasteiger partial charge is 0.331 e. The molecular weight excluding hydrogens is 198 g/mol. The summed E-state index contributed by atoms with van der Waals surface area (Å²) in [6.45, 7) is 7.81. The monoisotopic (exact) mass is 213 g/mol. The van der Waals surface area contributed by atoms with E-state index in [9.17, 15) is 14.4 Å². The van der Waals surface area contributed by atoms with Gasteiger partial charge in [-0.15, -0.1) is 5.06 Å². The Morgan fingerprint density at radius 3 is 1.67 bits per heavy atom. The summed E-state index contributed by atoms with van der Waals surface area (Å²) in [5.41, 5.74) is -1.72. The number of amides is 2. The standard InChI is InChI=1S/C10H15NO4/c1-6(12)15-11-7(13)9(2,3)10(4,5)8(11)14/h1-5H3. The summed E-state index contributed by atoms with van der Waals surface area (Å²) < 4.78 is 0. The van der Waals surface area contributed by atoms with Crippen LogP contribution < -0.4 is 0 Å². The minimum atomic E-state index is -0.862. The van der Waals surface area contributed by atoms with Crippen LogP contribution in [0.15, 0.2) is 0 Å². The molecule has 5 heteroatoms. The Labute approximate surface area is 88.3 Å². The molecule has 1 aliphatic rings. The first-order valence-electron chi connectivity index (χ1n) is 4.70. The first-order chi connectivity index (χ1) is 6.62. The van der Waals surface area contributed by atoms with E-state index < -0.39 is 28.6 Å². The van der Waals surface area contributed by atoms with Crippen molar-refractivity contribution in [3.8, 4) is 0 Å². The molecule has 1 fully saturated rings. The topological polar surface area (TPSA) is 63.7 Å². The summed E-state index contributed by atoms with van der Waals surface area (Å²) in [6, 6.07) is 0. The fraction of sp³-hybridized carbons (Fsp3) is 0.700. The van der Waals surface area contributed by atoms with Crippen LogP contribution in [0.3, 0.4) is 0 Å². The van der Waals surface area contributed by atoms with Crippen LogP contribution >= 0.6 is 0 Å². The Balaban J connectivity index is 3.12. The van der Waals surface area contributed by atoms with Gasteiger partial charge in [0, 0.05) is 6.92 Å². The quantitative estimate of drug-likeness (QED) is 0.607. The van der Waals surface area contributed by atoms with E-state index in [1.165, 1.54) is 0 Å². The number of hydroxylamine groups is 2. The van der Waals surface area contributed by atoms with Crippen molar-refractivity contribution in [1.82, 2.24) is 5.06 Å². The van der Waals surface area contributed by atoms with Crippen molar-refractivity contribution in [2.45, 2.75) is 34.6 Å². The third-order valence-corrected chi connectivity index (χ3v) is 3.22. The second-order valence-electron chi connectivity index (χ2n) is 4.74. The van der Waals surface area contributed by atoms with Crippen LogP contribution in [-0.2, 0) is 19.2 Å². The maximum Gasteiger partial charge on any atom is 0.330 e. The molecule has 0 bridgehead atoms. The minimum Gasteiger partial charge on any atom is -0.331 e. The van der Waals surface area contributed by atoms with Crippen LogP contribution in [0.25, 0.3) is 0 Å². The van der Waals surface area contributed by atoms with Crippen molar-refractivity contribution in [3.05, 3.63) is 0 Å². The molecule has 2 amide bonds. The molecule has 5 nitrogen and oxygen atoms in total. The Kier molecular flexibility index (Phi) is 2.38. The molecule has 0 aliphatic carbocycles. The number of carbonyl (C=O) groups excluding carboxylic acids is 3. The Bertz CT molecular complexity index is 317. The number of imide groups is 1. The highest BCUT2D eigenvalue weighted by molar-refractivity contribution is 6.08. The summed E-state index contributed by atoms with van der Waals surface area (Å²) in [5, 5.41) is 0.572. The van der Waals surface area contributed by atoms with Gasteiger partial charge in [0.25, 0.3) is 11.8 Å². The van der Waals surface area contributed by atoms with E-state index in [1.807, 2.05) is 0 Å². The lowest BCUT2D eigenvalue weighted by Gasteiger charge is -2.27. The smallest absolute Gasteiger partial charge is 0.330 e. The van der Waals surface area contributed by atoms with Crippen LogP contribution in [0, 0.1) is 10.8 Å². The van der Waals surface area contributed by atoms with Gasteiger partial charge in [0.05, 0.1) is 10.8 Å². The summed E-state index contributed by atoms with van der Waals surface area (Å²) >= 11 is 0. The Morgan fingerprint density at radius 1 is 1.07 bits per heavy atom. The van der Waals surface area contributed by atoms with E-state index in [1.54, 1.807) is 27.7 Å². The number of rotatable bonds is 1. The average molecular weight is 213 g/mol. The SMILES string of the molecule is CC(=O)ON1C(=O)C(C)(C)C(C)(C)C1=O. The van der Waals surface area contributed by atoms with Crippen molar-refractivity contribution in [3.63, 3.8) is 0 Å². The maximum atomic E-state index is 11.8. The highest BCUT2D eigenvalue weighted by Gasteiger charge is 2.61. The van der Waals surface area contributed by atoms with Gasteiger partial charge in [-0.1, -0.05) is 0 Å². The second-order valence-corrected chi connectivity index (χ2v) is 4.74.